The Morgan fingerprint density at radius 2 is 2.00 bits per heavy atom. The van der Waals surface area contributed by atoms with Gasteiger partial charge in [0.2, 0.25) is 0 Å². The van der Waals surface area contributed by atoms with E-state index in [0.29, 0.717) is 0 Å². The zero-order valence-electron chi connectivity index (χ0n) is 14.1. The molecule has 0 radical (unpaired) electrons. The Bertz CT molecular complexity index is 635. The second-order valence-corrected chi connectivity index (χ2v) is 6.06. The van der Waals surface area contributed by atoms with Crippen LogP contribution in [0.3, 0.4) is 0 Å². The maximum atomic E-state index is 4.30. The van der Waals surface area contributed by atoms with Crippen molar-refractivity contribution in [3.8, 4) is 0 Å². The highest BCUT2D eigenvalue weighted by Gasteiger charge is 2.20. The van der Waals surface area contributed by atoms with Crippen LogP contribution in [0.4, 0.5) is 0 Å². The smallest absolute Gasteiger partial charge is 0.191 e. The number of benzene rings is 1. The molecule has 24 heavy (non-hydrogen) atoms. The van der Waals surface area contributed by atoms with E-state index in [1.807, 2.05) is 30.2 Å². The monoisotopic (exact) mass is 439 g/mol. The third kappa shape index (κ3) is 5.81. The Labute approximate surface area is 161 Å². The number of halogens is 1. The van der Waals surface area contributed by atoms with Gasteiger partial charge in [-0.3, -0.25) is 9.67 Å². The lowest BCUT2D eigenvalue weighted by atomic mass is 10.1. The van der Waals surface area contributed by atoms with Gasteiger partial charge in [0.05, 0.1) is 6.54 Å². The molecular formula is C18H26IN5. The predicted molar refractivity (Wildman–Crippen MR) is 109 cm³/mol. The molecule has 0 amide bonds. The minimum atomic E-state index is 0. The lowest BCUT2D eigenvalue weighted by Gasteiger charge is -2.14. The van der Waals surface area contributed by atoms with Gasteiger partial charge in [0.1, 0.15) is 0 Å². The largest absolute Gasteiger partial charge is 0.356 e. The molecule has 2 N–H and O–H groups in total. The average molecular weight is 439 g/mol. The van der Waals surface area contributed by atoms with Crippen molar-refractivity contribution in [1.29, 1.82) is 0 Å². The fourth-order valence-electron chi connectivity index (χ4n) is 2.65. The molecule has 0 aliphatic heterocycles. The SMILES string of the molecule is CN=C(NCCC1CC1)NCc1ccccc1Cn1cccn1.I. The summed E-state index contributed by atoms with van der Waals surface area (Å²) in [6.45, 7) is 2.55. The molecule has 3 rings (SSSR count). The molecule has 0 atom stereocenters. The van der Waals surface area contributed by atoms with Crippen LogP contribution in [-0.2, 0) is 13.1 Å². The van der Waals surface area contributed by atoms with Crippen molar-refractivity contribution < 1.29 is 0 Å². The lowest BCUT2D eigenvalue weighted by molar-refractivity contribution is 0.671. The molecule has 1 saturated carbocycles. The van der Waals surface area contributed by atoms with Crippen molar-refractivity contribution >= 4 is 29.9 Å². The Morgan fingerprint density at radius 1 is 1.21 bits per heavy atom. The summed E-state index contributed by atoms with van der Waals surface area (Å²) in [4.78, 5) is 4.30. The topological polar surface area (TPSA) is 54.2 Å². The Balaban J connectivity index is 0.00000208. The first-order valence-electron chi connectivity index (χ1n) is 8.34. The fourth-order valence-corrected chi connectivity index (χ4v) is 2.65. The van der Waals surface area contributed by atoms with Crippen LogP contribution in [0.2, 0.25) is 0 Å². The molecule has 2 aromatic rings. The highest BCUT2D eigenvalue weighted by molar-refractivity contribution is 14.0. The van der Waals surface area contributed by atoms with Crippen LogP contribution in [0.15, 0.2) is 47.7 Å². The molecule has 1 aliphatic rings. The van der Waals surface area contributed by atoms with E-state index < -0.39 is 0 Å². The van der Waals surface area contributed by atoms with Crippen molar-refractivity contribution in [3.05, 3.63) is 53.9 Å². The summed E-state index contributed by atoms with van der Waals surface area (Å²) in [5, 5.41) is 11.1. The number of aromatic nitrogens is 2. The quantitative estimate of drug-likeness (QED) is 0.396. The van der Waals surface area contributed by atoms with Crippen LogP contribution in [0, 0.1) is 5.92 Å². The third-order valence-corrected chi connectivity index (χ3v) is 4.22. The number of nitrogens with one attached hydrogen (secondary N) is 2. The van der Waals surface area contributed by atoms with Gasteiger partial charge in [0.25, 0.3) is 0 Å². The standard InChI is InChI=1S/C18H25N5.HI/c1-19-18(20-11-9-15-7-8-15)21-13-16-5-2-3-6-17(16)14-23-12-4-10-22-23;/h2-6,10,12,15H,7-9,11,13-14H2,1H3,(H2,19,20,21);1H. The molecule has 1 aromatic heterocycles. The highest BCUT2D eigenvalue weighted by atomic mass is 127. The van der Waals surface area contributed by atoms with E-state index in [2.05, 4.69) is 45.0 Å². The first kappa shape index (κ1) is 18.8. The van der Waals surface area contributed by atoms with Gasteiger partial charge in [0, 0.05) is 32.5 Å². The van der Waals surface area contributed by atoms with Gasteiger partial charge < -0.3 is 10.6 Å². The summed E-state index contributed by atoms with van der Waals surface area (Å²) < 4.78 is 1.95. The Morgan fingerprint density at radius 3 is 2.67 bits per heavy atom. The second kappa shape index (κ2) is 9.66. The zero-order chi connectivity index (χ0) is 15.9. The van der Waals surface area contributed by atoms with E-state index in [4.69, 9.17) is 0 Å². The molecule has 130 valence electrons. The van der Waals surface area contributed by atoms with Gasteiger partial charge in [0.15, 0.2) is 5.96 Å². The summed E-state index contributed by atoms with van der Waals surface area (Å²) in [5.74, 6) is 1.81. The molecule has 1 fully saturated rings. The normalized spacial score (nSPS) is 14.1. The van der Waals surface area contributed by atoms with Crippen molar-refractivity contribution in [3.63, 3.8) is 0 Å². The van der Waals surface area contributed by atoms with Crippen LogP contribution in [-0.4, -0.2) is 29.3 Å². The number of rotatable bonds is 7. The number of hydrogen-bond donors (Lipinski definition) is 2. The van der Waals surface area contributed by atoms with E-state index in [1.165, 1.54) is 30.4 Å². The fraction of sp³-hybridized carbons (Fsp3) is 0.444. The summed E-state index contributed by atoms with van der Waals surface area (Å²) in [5.41, 5.74) is 2.55. The van der Waals surface area contributed by atoms with E-state index in [1.54, 1.807) is 0 Å². The minimum Gasteiger partial charge on any atom is -0.356 e. The van der Waals surface area contributed by atoms with Crippen molar-refractivity contribution in [2.75, 3.05) is 13.6 Å². The van der Waals surface area contributed by atoms with Crippen molar-refractivity contribution in [2.45, 2.75) is 32.4 Å². The van der Waals surface area contributed by atoms with Crippen LogP contribution >= 0.6 is 24.0 Å². The van der Waals surface area contributed by atoms with Gasteiger partial charge in [-0.1, -0.05) is 37.1 Å². The molecule has 1 aliphatic carbocycles. The zero-order valence-corrected chi connectivity index (χ0v) is 16.4. The number of hydrogen-bond acceptors (Lipinski definition) is 2. The van der Waals surface area contributed by atoms with E-state index >= 15 is 0 Å². The number of guanidine groups is 1. The van der Waals surface area contributed by atoms with Gasteiger partial charge in [-0.25, -0.2) is 0 Å². The summed E-state index contributed by atoms with van der Waals surface area (Å²) in [7, 11) is 1.82. The van der Waals surface area contributed by atoms with Gasteiger partial charge in [-0.15, -0.1) is 24.0 Å². The summed E-state index contributed by atoms with van der Waals surface area (Å²) in [6.07, 6.45) is 7.84. The van der Waals surface area contributed by atoms with Crippen LogP contribution in [0.5, 0.6) is 0 Å². The Hall–Kier alpha value is -1.57. The average Bonchev–Trinajstić information content (AvgIpc) is 3.26. The van der Waals surface area contributed by atoms with Crippen LogP contribution in [0.25, 0.3) is 0 Å². The van der Waals surface area contributed by atoms with E-state index in [9.17, 15) is 0 Å². The van der Waals surface area contributed by atoms with Crippen molar-refractivity contribution in [2.24, 2.45) is 10.9 Å². The first-order valence-corrected chi connectivity index (χ1v) is 8.34. The third-order valence-electron chi connectivity index (χ3n) is 4.22. The second-order valence-electron chi connectivity index (χ2n) is 6.06. The summed E-state index contributed by atoms with van der Waals surface area (Å²) >= 11 is 0. The van der Waals surface area contributed by atoms with E-state index in [-0.39, 0.29) is 24.0 Å². The molecule has 6 heteroatoms. The minimum absolute atomic E-state index is 0. The van der Waals surface area contributed by atoms with Crippen LogP contribution in [0.1, 0.15) is 30.4 Å². The first-order chi connectivity index (χ1) is 11.3. The highest BCUT2D eigenvalue weighted by Crippen LogP contribution is 2.31. The van der Waals surface area contributed by atoms with Crippen molar-refractivity contribution in [1.82, 2.24) is 20.4 Å². The van der Waals surface area contributed by atoms with Gasteiger partial charge in [-0.05, 0) is 29.5 Å². The Kier molecular flexibility index (Phi) is 7.55. The molecule has 0 bridgehead atoms. The van der Waals surface area contributed by atoms with Crippen LogP contribution < -0.4 is 10.6 Å². The van der Waals surface area contributed by atoms with Gasteiger partial charge >= 0.3 is 0 Å². The lowest BCUT2D eigenvalue weighted by Crippen LogP contribution is -2.37. The number of nitrogens with zero attached hydrogens (tertiary/aromatic N) is 3. The number of aliphatic imine (C=N–C) groups is 1. The molecular weight excluding hydrogens is 413 g/mol. The van der Waals surface area contributed by atoms with E-state index in [0.717, 1.165) is 31.5 Å². The molecule has 5 nitrogen and oxygen atoms in total. The molecule has 0 unspecified atom stereocenters. The maximum Gasteiger partial charge on any atom is 0.191 e. The molecule has 1 aromatic carbocycles. The predicted octanol–water partition coefficient (Wildman–Crippen LogP) is 3.01. The summed E-state index contributed by atoms with van der Waals surface area (Å²) in [6, 6.07) is 10.4. The molecule has 0 saturated heterocycles. The maximum absolute atomic E-state index is 4.30. The molecule has 0 spiro atoms. The van der Waals surface area contributed by atoms with Gasteiger partial charge in [-0.2, -0.15) is 5.10 Å². The molecule has 1 heterocycles.